The van der Waals surface area contributed by atoms with Gasteiger partial charge in [0.25, 0.3) is 0 Å². The Morgan fingerprint density at radius 3 is 2.37 bits per heavy atom. The fourth-order valence-electron chi connectivity index (χ4n) is 3.13. The summed E-state index contributed by atoms with van der Waals surface area (Å²) < 4.78 is 0. The highest BCUT2D eigenvalue weighted by Crippen LogP contribution is 2.29. The molecular weight excluding hydrogens is 389 g/mol. The summed E-state index contributed by atoms with van der Waals surface area (Å²) in [7, 11) is 0. The molecule has 0 bridgehead atoms. The maximum atomic E-state index is 12.3. The van der Waals surface area contributed by atoms with Crippen molar-refractivity contribution in [1.29, 1.82) is 0 Å². The summed E-state index contributed by atoms with van der Waals surface area (Å²) in [6, 6.07) is 4.93. The molecule has 3 amide bonds. The van der Waals surface area contributed by atoms with Crippen LogP contribution in [0.2, 0.25) is 10.0 Å². The van der Waals surface area contributed by atoms with Crippen LogP contribution in [0.3, 0.4) is 0 Å². The molecule has 0 unspecified atom stereocenters. The van der Waals surface area contributed by atoms with Crippen LogP contribution in [-0.4, -0.2) is 42.3 Å². The van der Waals surface area contributed by atoms with Gasteiger partial charge in [0.05, 0.1) is 22.3 Å². The molecule has 0 spiro atoms. The third kappa shape index (κ3) is 6.40. The molecule has 1 aliphatic rings. The molecule has 1 fully saturated rings. The van der Waals surface area contributed by atoms with Gasteiger partial charge in [0.1, 0.15) is 0 Å². The number of nitrogens with zero attached hydrogens (tertiary/aromatic N) is 1. The first-order valence-corrected chi connectivity index (χ1v) is 9.97. The summed E-state index contributed by atoms with van der Waals surface area (Å²) in [4.78, 5) is 38.0. The Bertz CT molecular complexity index is 671. The summed E-state index contributed by atoms with van der Waals surface area (Å²) in [5.74, 6) is -0.470. The molecule has 2 rings (SSSR count). The number of carbonyl (C=O) groups excluding carboxylic acids is 3. The van der Waals surface area contributed by atoms with Gasteiger partial charge in [0, 0.05) is 25.4 Å². The lowest BCUT2D eigenvalue weighted by Crippen LogP contribution is -2.40. The van der Waals surface area contributed by atoms with E-state index >= 15 is 0 Å². The van der Waals surface area contributed by atoms with Gasteiger partial charge >= 0.3 is 0 Å². The zero-order chi connectivity index (χ0) is 19.8. The van der Waals surface area contributed by atoms with Crippen molar-refractivity contribution < 1.29 is 14.4 Å². The fourth-order valence-corrected chi connectivity index (χ4v) is 3.62. The van der Waals surface area contributed by atoms with Crippen molar-refractivity contribution in [2.75, 3.05) is 25.0 Å². The highest BCUT2D eigenvalue weighted by atomic mass is 35.5. The van der Waals surface area contributed by atoms with Crippen LogP contribution in [-0.2, 0) is 14.4 Å². The van der Waals surface area contributed by atoms with Gasteiger partial charge < -0.3 is 15.5 Å². The van der Waals surface area contributed by atoms with E-state index in [2.05, 4.69) is 10.6 Å². The predicted octanol–water partition coefficient (Wildman–Crippen LogP) is 3.48. The van der Waals surface area contributed by atoms with Crippen LogP contribution < -0.4 is 10.6 Å². The topological polar surface area (TPSA) is 78.5 Å². The van der Waals surface area contributed by atoms with Gasteiger partial charge in [-0.05, 0) is 31.9 Å². The molecule has 6 nitrogen and oxygen atoms in total. The highest BCUT2D eigenvalue weighted by molar-refractivity contribution is 6.39. The van der Waals surface area contributed by atoms with Gasteiger partial charge in [-0.25, -0.2) is 0 Å². The Morgan fingerprint density at radius 2 is 1.78 bits per heavy atom. The molecule has 8 heteroatoms. The zero-order valence-corrected chi connectivity index (χ0v) is 16.9. The van der Waals surface area contributed by atoms with Crippen LogP contribution in [0.5, 0.6) is 0 Å². The van der Waals surface area contributed by atoms with E-state index < -0.39 is 0 Å². The molecule has 0 atom stereocenters. The summed E-state index contributed by atoms with van der Waals surface area (Å²) >= 11 is 12.1. The zero-order valence-electron chi connectivity index (χ0n) is 15.4. The quantitative estimate of drug-likeness (QED) is 0.684. The number of likely N-dealkylation sites (N-methyl/N-ethyl adjacent to an activating group) is 1. The Morgan fingerprint density at radius 1 is 1.15 bits per heavy atom. The Hall–Kier alpha value is -1.79. The van der Waals surface area contributed by atoms with Crippen LogP contribution >= 0.6 is 23.2 Å². The van der Waals surface area contributed by atoms with Crippen LogP contribution in [0.4, 0.5) is 5.69 Å². The van der Waals surface area contributed by atoms with Crippen LogP contribution in [0.1, 0.15) is 39.0 Å². The molecule has 0 saturated heterocycles. The van der Waals surface area contributed by atoms with Crippen molar-refractivity contribution in [2.24, 2.45) is 5.92 Å². The molecular formula is C19H25Cl2N3O3. The van der Waals surface area contributed by atoms with E-state index in [1.807, 2.05) is 0 Å². The van der Waals surface area contributed by atoms with E-state index in [-0.39, 0.29) is 43.1 Å². The van der Waals surface area contributed by atoms with E-state index in [9.17, 15) is 14.4 Å². The molecule has 2 N–H and O–H groups in total. The van der Waals surface area contributed by atoms with Gasteiger partial charge in [-0.15, -0.1) is 0 Å². The number of nitrogens with one attached hydrogen (secondary N) is 2. The summed E-state index contributed by atoms with van der Waals surface area (Å²) in [5, 5.41) is 6.13. The van der Waals surface area contributed by atoms with Gasteiger partial charge in [-0.1, -0.05) is 42.1 Å². The summed E-state index contributed by atoms with van der Waals surface area (Å²) in [5.41, 5.74) is 0.332. The summed E-state index contributed by atoms with van der Waals surface area (Å²) in [6.07, 6.45) is 4.18. The SMILES string of the molecule is CCN(CC(=O)Nc1c(Cl)cccc1Cl)C(=O)CCNC(=O)C1CCCC1. The van der Waals surface area contributed by atoms with Crippen LogP contribution in [0.25, 0.3) is 0 Å². The third-order valence-corrected chi connectivity index (χ3v) is 5.29. The molecule has 1 aromatic rings. The monoisotopic (exact) mass is 413 g/mol. The van der Waals surface area contributed by atoms with Crippen molar-refractivity contribution in [3.8, 4) is 0 Å². The standard InChI is InChI=1S/C19H25Cl2N3O3/c1-2-24(12-16(25)23-18-14(20)8-5-9-15(18)21)17(26)10-11-22-19(27)13-6-3-4-7-13/h5,8-9,13H,2-4,6-7,10-12H2,1H3,(H,22,27)(H,23,25). The molecule has 0 aliphatic heterocycles. The van der Waals surface area contributed by atoms with Crippen LogP contribution in [0, 0.1) is 5.92 Å². The lowest BCUT2D eigenvalue weighted by Gasteiger charge is -2.21. The second-order valence-corrected chi connectivity index (χ2v) is 7.39. The summed E-state index contributed by atoms with van der Waals surface area (Å²) in [6.45, 7) is 2.36. The average molecular weight is 414 g/mol. The van der Waals surface area contributed by atoms with Crippen molar-refractivity contribution in [3.05, 3.63) is 28.2 Å². The first-order valence-electron chi connectivity index (χ1n) is 9.21. The minimum Gasteiger partial charge on any atom is -0.355 e. The number of para-hydroxylation sites is 1. The van der Waals surface area contributed by atoms with E-state index in [0.29, 0.717) is 22.3 Å². The van der Waals surface area contributed by atoms with E-state index in [0.717, 1.165) is 25.7 Å². The molecule has 148 valence electrons. The number of halogens is 2. The molecule has 1 saturated carbocycles. The van der Waals surface area contributed by atoms with Gasteiger partial charge in [-0.3, -0.25) is 14.4 Å². The number of carbonyl (C=O) groups is 3. The average Bonchev–Trinajstić information content (AvgIpc) is 3.17. The number of benzene rings is 1. The second kappa shape index (κ2) is 10.5. The number of anilines is 1. The van der Waals surface area contributed by atoms with E-state index in [4.69, 9.17) is 23.2 Å². The number of rotatable bonds is 8. The number of amides is 3. The van der Waals surface area contributed by atoms with E-state index in [1.54, 1.807) is 25.1 Å². The van der Waals surface area contributed by atoms with Crippen LogP contribution in [0.15, 0.2) is 18.2 Å². The van der Waals surface area contributed by atoms with Gasteiger partial charge in [0.15, 0.2) is 0 Å². The molecule has 27 heavy (non-hydrogen) atoms. The predicted molar refractivity (Wildman–Crippen MR) is 107 cm³/mol. The number of hydrogen-bond acceptors (Lipinski definition) is 3. The number of hydrogen-bond donors (Lipinski definition) is 2. The van der Waals surface area contributed by atoms with Crippen molar-refractivity contribution >= 4 is 46.6 Å². The molecule has 1 aliphatic carbocycles. The maximum absolute atomic E-state index is 12.3. The van der Waals surface area contributed by atoms with Gasteiger partial charge in [-0.2, -0.15) is 0 Å². The molecule has 0 heterocycles. The minimum absolute atomic E-state index is 0.0226. The largest absolute Gasteiger partial charge is 0.355 e. The second-order valence-electron chi connectivity index (χ2n) is 6.58. The van der Waals surface area contributed by atoms with Crippen molar-refractivity contribution in [1.82, 2.24) is 10.2 Å². The third-order valence-electron chi connectivity index (χ3n) is 4.66. The van der Waals surface area contributed by atoms with E-state index in [1.165, 1.54) is 4.90 Å². The Kier molecular flexibility index (Phi) is 8.38. The van der Waals surface area contributed by atoms with Crippen molar-refractivity contribution in [3.63, 3.8) is 0 Å². The smallest absolute Gasteiger partial charge is 0.244 e. The lowest BCUT2D eigenvalue weighted by atomic mass is 10.1. The molecule has 0 radical (unpaired) electrons. The minimum atomic E-state index is -0.379. The first kappa shape index (κ1) is 21.5. The molecule has 1 aromatic carbocycles. The van der Waals surface area contributed by atoms with Crippen molar-refractivity contribution in [2.45, 2.75) is 39.0 Å². The Balaban J connectivity index is 1.80. The fraction of sp³-hybridized carbons (Fsp3) is 0.526. The normalized spacial score (nSPS) is 14.0. The maximum Gasteiger partial charge on any atom is 0.244 e. The highest BCUT2D eigenvalue weighted by Gasteiger charge is 2.23. The lowest BCUT2D eigenvalue weighted by molar-refractivity contribution is -0.134. The van der Waals surface area contributed by atoms with Gasteiger partial charge in [0.2, 0.25) is 17.7 Å². The Labute approximate surface area is 169 Å². The first-order chi connectivity index (χ1) is 12.9. The molecule has 0 aromatic heterocycles.